The molecule has 3 aromatic rings. The van der Waals surface area contributed by atoms with Crippen LogP contribution >= 0.6 is 0 Å². The highest BCUT2D eigenvalue weighted by atomic mass is 16.5. The quantitative estimate of drug-likeness (QED) is 0.229. The van der Waals surface area contributed by atoms with Crippen LogP contribution in [-0.4, -0.2) is 115 Å². The van der Waals surface area contributed by atoms with E-state index in [2.05, 4.69) is 25.8 Å². The monoisotopic (exact) mass is 482 g/mol. The van der Waals surface area contributed by atoms with Gasteiger partial charge in [-0.1, -0.05) is 30.3 Å². The van der Waals surface area contributed by atoms with Gasteiger partial charge in [-0.05, 0) is 10.9 Å². The summed E-state index contributed by atoms with van der Waals surface area (Å²) in [6, 6.07) is 9.87. The Labute approximate surface area is 216 Å². The summed E-state index contributed by atoms with van der Waals surface area (Å²) in [6.07, 6.45) is 1.62. The lowest BCUT2D eigenvalue weighted by molar-refractivity contribution is -0.115. The molecular formula is C19H29B7N6O4. The number of aromatic amines is 1. The first kappa shape index (κ1) is 26.3. The second-order valence-electron chi connectivity index (χ2n) is 10.9. The van der Waals surface area contributed by atoms with Gasteiger partial charge in [0, 0.05) is 23.1 Å². The van der Waals surface area contributed by atoms with E-state index in [-0.39, 0.29) is 6.61 Å². The number of carbonyl (C=O) groups is 1. The number of aliphatic hydroxyl groups is 2. The number of morpholine rings is 1. The SMILES string of the molecule is BC1(B)OC(B)(B)C(B)(O)N(c2n[nH]c3cc(NC(=O)NC(CO)c4ccccc4)ncc23)C1(B)B. The van der Waals surface area contributed by atoms with Crippen molar-refractivity contribution in [1.29, 1.82) is 0 Å². The standard InChI is InChI=1S/C19H29B7N6O4/c20-16(21)17(22,23)36-18(24,25)19(26,35)32(16)14-10-7-27-13(6-11(10)30-31-14)29-15(34)28-12(8-33)9-4-2-1-3-5-9/h1-7,12,33,35H,8,20-26H2,(H,30,31)(H2,27,28,29,34). The molecule has 3 heterocycles. The van der Waals surface area contributed by atoms with Crippen molar-refractivity contribution in [3.8, 4) is 0 Å². The second kappa shape index (κ2) is 8.97. The third kappa shape index (κ3) is 4.33. The van der Waals surface area contributed by atoms with Crippen molar-refractivity contribution < 1.29 is 19.7 Å². The molecule has 2 atom stereocenters. The zero-order valence-electron chi connectivity index (χ0n) is 21.9. The minimum atomic E-state index is -1.39. The van der Waals surface area contributed by atoms with Gasteiger partial charge < -0.3 is 25.2 Å². The maximum Gasteiger partial charge on any atom is 0.320 e. The van der Waals surface area contributed by atoms with Crippen LogP contribution in [0.3, 0.4) is 0 Å². The average Bonchev–Trinajstić information content (AvgIpc) is 3.18. The Hall–Kier alpha value is -2.76. The molecule has 36 heavy (non-hydrogen) atoms. The molecule has 4 rings (SSSR count). The van der Waals surface area contributed by atoms with Crippen LogP contribution < -0.4 is 15.5 Å². The molecule has 2 unspecified atom stereocenters. The van der Waals surface area contributed by atoms with Crippen LogP contribution in [0.1, 0.15) is 11.6 Å². The predicted molar refractivity (Wildman–Crippen MR) is 159 cm³/mol. The molecule has 0 radical (unpaired) electrons. The molecule has 1 fully saturated rings. The van der Waals surface area contributed by atoms with E-state index in [4.69, 9.17) is 4.74 Å². The number of carbonyl (C=O) groups excluding carboxylic acids is 1. The van der Waals surface area contributed by atoms with Crippen LogP contribution in [0.4, 0.5) is 16.4 Å². The number of nitrogens with zero attached hydrogens (tertiary/aromatic N) is 3. The molecule has 1 saturated heterocycles. The number of aliphatic hydroxyl groups excluding tert-OH is 1. The lowest BCUT2D eigenvalue weighted by Crippen LogP contribution is -2.86. The summed E-state index contributed by atoms with van der Waals surface area (Å²) in [5.41, 5.74) is 0.0513. The van der Waals surface area contributed by atoms with E-state index in [0.29, 0.717) is 22.5 Å². The van der Waals surface area contributed by atoms with Crippen molar-refractivity contribution in [1.82, 2.24) is 20.5 Å². The van der Waals surface area contributed by atoms with Crippen LogP contribution in [0, 0.1) is 0 Å². The minimum absolute atomic E-state index is 0.240. The average molecular weight is 481 g/mol. The molecule has 0 aliphatic carbocycles. The van der Waals surface area contributed by atoms with Crippen molar-refractivity contribution in [3.63, 3.8) is 0 Å². The number of anilines is 2. The van der Waals surface area contributed by atoms with Crippen molar-refractivity contribution >= 4 is 83.5 Å². The molecule has 0 bridgehead atoms. The molecular weight excluding hydrogens is 452 g/mol. The zero-order valence-corrected chi connectivity index (χ0v) is 21.9. The summed E-state index contributed by atoms with van der Waals surface area (Å²) in [5.74, 6) is 0.853. The van der Waals surface area contributed by atoms with Gasteiger partial charge in [0.25, 0.3) is 0 Å². The van der Waals surface area contributed by atoms with E-state index < -0.39 is 33.8 Å². The van der Waals surface area contributed by atoms with Crippen LogP contribution in [0.5, 0.6) is 0 Å². The van der Waals surface area contributed by atoms with E-state index in [1.807, 2.05) is 82.3 Å². The number of hydrogen-bond donors (Lipinski definition) is 5. The van der Waals surface area contributed by atoms with E-state index in [9.17, 15) is 15.0 Å². The fraction of sp³-hybridized carbons (Fsp3) is 0.316. The van der Waals surface area contributed by atoms with Gasteiger partial charge in [0.05, 0.1) is 23.6 Å². The molecule has 1 aliphatic heterocycles. The summed E-state index contributed by atoms with van der Waals surface area (Å²) in [4.78, 5) is 18.9. The Balaban J connectivity index is 1.62. The number of nitrogens with one attached hydrogen (secondary N) is 3. The highest BCUT2D eigenvalue weighted by Gasteiger charge is 2.61. The molecule has 10 nitrogen and oxygen atoms in total. The number of H-pyrrole nitrogens is 1. The molecule has 0 spiro atoms. The van der Waals surface area contributed by atoms with Gasteiger partial charge in [-0.2, -0.15) is 5.10 Å². The Morgan fingerprint density at radius 2 is 1.78 bits per heavy atom. The van der Waals surface area contributed by atoms with Crippen molar-refractivity contribution in [3.05, 3.63) is 48.2 Å². The molecule has 1 aromatic carbocycles. The summed E-state index contributed by atoms with van der Waals surface area (Å²) < 4.78 is 6.35. The Morgan fingerprint density at radius 1 is 1.11 bits per heavy atom. The molecule has 5 N–H and O–H groups in total. The number of urea groups is 1. The number of benzene rings is 1. The second-order valence-corrected chi connectivity index (χ2v) is 10.9. The summed E-state index contributed by atoms with van der Waals surface area (Å²) in [5, 5.41) is 33.0. The fourth-order valence-electron chi connectivity index (χ4n) is 4.78. The van der Waals surface area contributed by atoms with Crippen LogP contribution in [-0.2, 0) is 4.74 Å². The minimum Gasteiger partial charge on any atom is -0.399 e. The molecule has 17 heteroatoms. The lowest BCUT2D eigenvalue weighted by atomic mass is 9.35. The van der Waals surface area contributed by atoms with E-state index in [1.165, 1.54) is 0 Å². The highest BCUT2D eigenvalue weighted by molar-refractivity contribution is 6.57. The van der Waals surface area contributed by atoms with E-state index in [0.717, 1.165) is 5.56 Å². The third-order valence-corrected chi connectivity index (χ3v) is 7.69. The van der Waals surface area contributed by atoms with Gasteiger partial charge in [-0.3, -0.25) is 10.4 Å². The number of aromatic nitrogens is 3. The topological polar surface area (TPSA) is 136 Å². The molecule has 2 amide bonds. The van der Waals surface area contributed by atoms with Gasteiger partial charge in [0.15, 0.2) is 13.7 Å². The summed E-state index contributed by atoms with van der Waals surface area (Å²) >= 11 is 0. The Morgan fingerprint density at radius 3 is 2.42 bits per heavy atom. The van der Waals surface area contributed by atoms with Crippen molar-refractivity contribution in [2.45, 2.75) is 27.8 Å². The molecule has 180 valence electrons. The lowest BCUT2D eigenvalue weighted by Gasteiger charge is -2.67. The van der Waals surface area contributed by atoms with E-state index >= 15 is 0 Å². The maximum atomic E-state index is 12.6. The Kier molecular flexibility index (Phi) is 6.55. The Bertz CT molecular complexity index is 1250. The number of hydrogen-bond acceptors (Lipinski definition) is 7. The number of amides is 2. The first-order chi connectivity index (χ1) is 16.7. The van der Waals surface area contributed by atoms with Crippen molar-refractivity contribution in [2.75, 3.05) is 16.8 Å². The third-order valence-electron chi connectivity index (χ3n) is 7.69. The zero-order chi connectivity index (χ0) is 26.5. The van der Waals surface area contributed by atoms with Gasteiger partial charge in [-0.25, -0.2) is 9.78 Å². The van der Waals surface area contributed by atoms with Crippen molar-refractivity contribution in [2.24, 2.45) is 0 Å². The molecule has 1 aliphatic rings. The number of rotatable bonds is 5. The number of fused-ring (bicyclic) bond motifs is 1. The molecule has 0 saturated carbocycles. The first-order valence-electron chi connectivity index (χ1n) is 12.0. The van der Waals surface area contributed by atoms with Gasteiger partial charge >= 0.3 is 6.03 Å². The predicted octanol–water partition coefficient (Wildman–Crippen LogP) is -6.31. The normalized spacial score (nSPS) is 23.1. The highest BCUT2D eigenvalue weighted by Crippen LogP contribution is 2.44. The first-order valence-corrected chi connectivity index (χ1v) is 12.0. The van der Waals surface area contributed by atoms with Gasteiger partial charge in [0.2, 0.25) is 0 Å². The van der Waals surface area contributed by atoms with Crippen LogP contribution in [0.15, 0.2) is 42.6 Å². The largest absolute Gasteiger partial charge is 0.399 e. The summed E-state index contributed by atoms with van der Waals surface area (Å²) in [7, 11) is 13.5. The van der Waals surface area contributed by atoms with E-state index in [1.54, 1.807) is 20.1 Å². The van der Waals surface area contributed by atoms with Gasteiger partial charge in [0.1, 0.15) is 58.5 Å². The fourth-order valence-corrected chi connectivity index (χ4v) is 4.78. The van der Waals surface area contributed by atoms with Gasteiger partial charge in [-0.15, -0.1) is 0 Å². The molecule has 2 aromatic heterocycles. The number of ether oxygens (including phenoxy) is 1. The van der Waals surface area contributed by atoms with Crippen LogP contribution in [0.2, 0.25) is 0 Å². The number of pyridine rings is 1. The van der Waals surface area contributed by atoms with Crippen LogP contribution in [0.25, 0.3) is 10.9 Å². The maximum absolute atomic E-state index is 12.6. The smallest absolute Gasteiger partial charge is 0.320 e. The summed E-state index contributed by atoms with van der Waals surface area (Å²) in [6.45, 7) is -0.240.